The van der Waals surface area contributed by atoms with Crippen LogP contribution in [0.2, 0.25) is 5.02 Å². The highest BCUT2D eigenvalue weighted by Crippen LogP contribution is 2.44. The molecule has 17 heteroatoms. The SMILES string of the molecule is CC1(CN2CCNCC2)CCC(c2ccc(Cl)cc2)=C(CN2CCN(c3ccc(C(=O)NS(=O)(=O)c4ccc(NC(CCN5CCC(O)CC5)CSc5ccccc5)c([N+](=O)[O-])c4)cc3)CC2)C1. The lowest BCUT2D eigenvalue weighted by atomic mass is 9.71. The van der Waals surface area contributed by atoms with Gasteiger partial charge in [0.1, 0.15) is 5.69 Å². The summed E-state index contributed by atoms with van der Waals surface area (Å²) in [5, 5.41) is 29.9. The lowest BCUT2D eigenvalue weighted by Crippen LogP contribution is -2.49. The monoisotopic (exact) mass is 984 g/mol. The maximum Gasteiger partial charge on any atom is 0.293 e. The lowest BCUT2D eigenvalue weighted by molar-refractivity contribution is -0.384. The van der Waals surface area contributed by atoms with Gasteiger partial charge in [0.2, 0.25) is 0 Å². The number of piperidine rings is 1. The first-order chi connectivity index (χ1) is 32.8. The van der Waals surface area contributed by atoms with Gasteiger partial charge in [-0.1, -0.05) is 54.4 Å². The number of nitrogens with one attached hydrogen (secondary N) is 3. The molecule has 364 valence electrons. The second kappa shape index (κ2) is 22.9. The van der Waals surface area contributed by atoms with Crippen LogP contribution in [0.5, 0.6) is 0 Å². The number of allylic oxidation sites excluding steroid dienone is 1. The minimum Gasteiger partial charge on any atom is -0.393 e. The Balaban J connectivity index is 0.877. The van der Waals surface area contributed by atoms with Crippen LogP contribution in [0.3, 0.4) is 0 Å². The fourth-order valence-electron chi connectivity index (χ4n) is 10.1. The molecule has 0 saturated carbocycles. The van der Waals surface area contributed by atoms with E-state index in [0.717, 1.165) is 126 Å². The number of hydrogen-bond acceptors (Lipinski definition) is 13. The van der Waals surface area contributed by atoms with Gasteiger partial charge in [0, 0.05) is 124 Å². The van der Waals surface area contributed by atoms with E-state index < -0.39 is 26.5 Å². The molecule has 4 N–H and O–H groups in total. The smallest absolute Gasteiger partial charge is 0.293 e. The number of amides is 1. The van der Waals surface area contributed by atoms with Crippen molar-refractivity contribution in [1.29, 1.82) is 0 Å². The zero-order valence-corrected chi connectivity index (χ0v) is 41.3. The standard InChI is InChI=1S/C51H65ClN8O6S2/c1-51(37-58-27-22-53-23-28-58)21-17-47(38-7-11-41(52)12-8-38)40(34-51)35-57-29-31-59(32-30-57)43-13-9-39(10-14-43)50(62)55-68(65,66)46-15-16-48(49(33-46)60(63)64)54-42(36-67-45-5-3-2-4-6-45)18-24-56-25-19-44(61)20-26-56/h2-16,33,42,44,53-54,61H,17-32,34-37H2,1H3,(H,55,62). The maximum absolute atomic E-state index is 13.6. The van der Waals surface area contributed by atoms with Gasteiger partial charge in [0.15, 0.2) is 0 Å². The number of carbonyl (C=O) groups is 1. The highest BCUT2D eigenvalue weighted by Gasteiger charge is 2.35. The Labute approximate surface area is 410 Å². The quantitative estimate of drug-likeness (QED) is 0.0442. The maximum atomic E-state index is 13.6. The van der Waals surface area contributed by atoms with E-state index in [1.54, 1.807) is 23.9 Å². The molecule has 3 aliphatic heterocycles. The van der Waals surface area contributed by atoms with E-state index in [1.165, 1.54) is 28.8 Å². The van der Waals surface area contributed by atoms with Gasteiger partial charge in [0.05, 0.1) is 15.9 Å². The molecule has 0 radical (unpaired) electrons. The Hall–Kier alpha value is -4.52. The van der Waals surface area contributed by atoms with Crippen molar-refractivity contribution in [3.05, 3.63) is 129 Å². The van der Waals surface area contributed by atoms with Crippen molar-refractivity contribution in [2.45, 2.75) is 67.4 Å². The van der Waals surface area contributed by atoms with E-state index >= 15 is 0 Å². The lowest BCUT2D eigenvalue weighted by Gasteiger charge is -2.43. The number of thioether (sulfide) groups is 1. The van der Waals surface area contributed by atoms with Crippen molar-refractivity contribution in [2.75, 3.05) is 101 Å². The van der Waals surface area contributed by atoms with E-state index in [4.69, 9.17) is 11.6 Å². The number of aliphatic hydroxyl groups excluding tert-OH is 1. The number of nitro benzene ring substituents is 1. The first-order valence-electron chi connectivity index (χ1n) is 24.0. The number of piperazine rings is 2. The Morgan fingerprint density at radius 1 is 0.912 bits per heavy atom. The van der Waals surface area contributed by atoms with E-state index in [1.807, 2.05) is 54.6 Å². The van der Waals surface area contributed by atoms with Crippen molar-refractivity contribution < 1.29 is 23.2 Å². The number of nitrogens with zero attached hydrogens (tertiary/aromatic N) is 5. The summed E-state index contributed by atoms with van der Waals surface area (Å²) in [6, 6.07) is 28.6. The summed E-state index contributed by atoms with van der Waals surface area (Å²) in [7, 11) is -4.47. The zero-order chi connectivity index (χ0) is 47.7. The Kier molecular flexibility index (Phi) is 16.8. The summed E-state index contributed by atoms with van der Waals surface area (Å²) < 4.78 is 29.3. The first-order valence-corrected chi connectivity index (χ1v) is 26.8. The predicted octanol–water partition coefficient (Wildman–Crippen LogP) is 7.46. The van der Waals surface area contributed by atoms with Crippen LogP contribution >= 0.6 is 23.4 Å². The second-order valence-electron chi connectivity index (χ2n) is 19.1. The van der Waals surface area contributed by atoms with Crippen LogP contribution in [0.25, 0.3) is 5.57 Å². The number of likely N-dealkylation sites (tertiary alicyclic amines) is 1. The molecule has 3 heterocycles. The van der Waals surface area contributed by atoms with Crippen LogP contribution in [0.4, 0.5) is 17.1 Å². The van der Waals surface area contributed by atoms with Gasteiger partial charge < -0.3 is 30.4 Å². The molecule has 14 nitrogen and oxygen atoms in total. The molecule has 1 amide bonds. The molecule has 4 aromatic rings. The van der Waals surface area contributed by atoms with Gasteiger partial charge in [-0.2, -0.15) is 0 Å². The van der Waals surface area contributed by atoms with E-state index in [2.05, 4.69) is 54.0 Å². The Morgan fingerprint density at radius 2 is 1.62 bits per heavy atom. The molecule has 3 fully saturated rings. The third-order valence-corrected chi connectivity index (χ3v) is 16.7. The molecule has 1 aliphatic carbocycles. The topological polar surface area (TPSA) is 164 Å². The van der Waals surface area contributed by atoms with E-state index in [9.17, 15) is 28.4 Å². The van der Waals surface area contributed by atoms with Crippen LogP contribution in [0.1, 0.15) is 61.4 Å². The largest absolute Gasteiger partial charge is 0.393 e. The fraction of sp³-hybridized carbons (Fsp3) is 0.471. The van der Waals surface area contributed by atoms with Crippen LogP contribution in [0.15, 0.2) is 112 Å². The van der Waals surface area contributed by atoms with E-state index in [0.29, 0.717) is 25.0 Å². The number of sulfonamides is 1. The number of anilines is 2. The number of aliphatic hydroxyl groups is 1. The normalized spacial score (nSPS) is 20.8. The van der Waals surface area contributed by atoms with Gasteiger partial charge in [-0.25, -0.2) is 13.1 Å². The summed E-state index contributed by atoms with van der Waals surface area (Å²) in [6.07, 6.45) is 5.09. The van der Waals surface area contributed by atoms with Crippen molar-refractivity contribution in [3.63, 3.8) is 0 Å². The predicted molar refractivity (Wildman–Crippen MR) is 273 cm³/mol. The average molecular weight is 986 g/mol. The fourth-order valence-corrected chi connectivity index (χ4v) is 12.2. The first kappa shape index (κ1) is 49.9. The summed E-state index contributed by atoms with van der Waals surface area (Å²) >= 11 is 7.93. The van der Waals surface area contributed by atoms with Gasteiger partial charge in [0.25, 0.3) is 21.6 Å². The minimum absolute atomic E-state index is 0.161. The van der Waals surface area contributed by atoms with Crippen LogP contribution in [-0.4, -0.2) is 142 Å². The minimum atomic E-state index is -4.47. The van der Waals surface area contributed by atoms with Crippen molar-refractivity contribution in [2.24, 2.45) is 5.41 Å². The summed E-state index contributed by atoms with van der Waals surface area (Å²) in [5.74, 6) is -0.207. The number of halogens is 1. The number of carbonyl (C=O) groups excluding carboxylic acids is 1. The number of benzene rings is 4. The van der Waals surface area contributed by atoms with Crippen molar-refractivity contribution in [1.82, 2.24) is 24.7 Å². The summed E-state index contributed by atoms with van der Waals surface area (Å²) in [6.45, 7) is 14.4. The summed E-state index contributed by atoms with van der Waals surface area (Å²) in [5.41, 5.74) is 5.34. The molecule has 4 aromatic carbocycles. The molecule has 2 atom stereocenters. The van der Waals surface area contributed by atoms with Crippen molar-refractivity contribution >= 4 is 61.9 Å². The third kappa shape index (κ3) is 13.4. The molecule has 68 heavy (non-hydrogen) atoms. The van der Waals surface area contributed by atoms with Crippen LogP contribution in [-0.2, 0) is 10.0 Å². The number of rotatable bonds is 18. The molecular weight excluding hydrogens is 920 g/mol. The molecule has 4 aliphatic rings. The highest BCUT2D eigenvalue weighted by molar-refractivity contribution is 7.99. The van der Waals surface area contributed by atoms with Gasteiger partial charge in [-0.15, -0.1) is 11.8 Å². The van der Waals surface area contributed by atoms with E-state index in [-0.39, 0.29) is 33.7 Å². The van der Waals surface area contributed by atoms with Crippen LogP contribution < -0.4 is 20.3 Å². The number of nitro groups is 1. The highest BCUT2D eigenvalue weighted by atomic mass is 35.5. The zero-order valence-electron chi connectivity index (χ0n) is 39.0. The Bertz CT molecular complexity index is 2480. The van der Waals surface area contributed by atoms with Gasteiger partial charge >= 0.3 is 0 Å². The van der Waals surface area contributed by atoms with Gasteiger partial charge in [-0.05, 0) is 116 Å². The molecular formula is C51H65ClN8O6S2. The molecule has 2 unspecified atom stereocenters. The second-order valence-corrected chi connectivity index (χ2v) is 22.3. The molecule has 0 bridgehead atoms. The third-order valence-electron chi connectivity index (χ3n) is 13.9. The Morgan fingerprint density at radius 3 is 2.31 bits per heavy atom. The van der Waals surface area contributed by atoms with Gasteiger partial charge in [-0.3, -0.25) is 19.8 Å². The number of hydrogen-bond donors (Lipinski definition) is 4. The molecule has 0 spiro atoms. The molecule has 8 rings (SSSR count). The van der Waals surface area contributed by atoms with Crippen LogP contribution in [0, 0.1) is 15.5 Å². The summed E-state index contributed by atoms with van der Waals surface area (Å²) in [4.78, 5) is 35.6. The van der Waals surface area contributed by atoms with Crippen molar-refractivity contribution in [3.8, 4) is 0 Å². The molecule has 0 aromatic heterocycles. The average Bonchev–Trinajstić information content (AvgIpc) is 3.34. The molecule has 3 saturated heterocycles.